The van der Waals surface area contributed by atoms with E-state index in [2.05, 4.69) is 5.32 Å². The van der Waals surface area contributed by atoms with Crippen molar-refractivity contribution in [1.82, 2.24) is 0 Å². The lowest BCUT2D eigenvalue weighted by molar-refractivity contribution is -0.118. The minimum absolute atomic E-state index is 0.129. The summed E-state index contributed by atoms with van der Waals surface area (Å²) < 4.78 is 5.38. The summed E-state index contributed by atoms with van der Waals surface area (Å²) in [4.78, 5) is 22.0. The summed E-state index contributed by atoms with van der Waals surface area (Å²) in [6, 6.07) is 6.97. The molecule has 1 rings (SSSR count). The van der Waals surface area contributed by atoms with Gasteiger partial charge in [0.15, 0.2) is 0 Å². The van der Waals surface area contributed by atoms with Crippen molar-refractivity contribution in [2.24, 2.45) is 5.73 Å². The van der Waals surface area contributed by atoms with Gasteiger partial charge in [0.25, 0.3) is 0 Å². The second kappa shape index (κ2) is 7.55. The van der Waals surface area contributed by atoms with Gasteiger partial charge in [-0.05, 0) is 12.1 Å². The number of rotatable bonds is 7. The number of carbonyl (C=O) groups is 2. The van der Waals surface area contributed by atoms with Crippen molar-refractivity contribution in [2.75, 3.05) is 17.8 Å². The van der Waals surface area contributed by atoms with Crippen LogP contribution >= 0.6 is 11.6 Å². The summed E-state index contributed by atoms with van der Waals surface area (Å²) in [6.45, 7) is 0.178. The van der Waals surface area contributed by atoms with Crippen molar-refractivity contribution < 1.29 is 14.3 Å². The highest BCUT2D eigenvalue weighted by atomic mass is 35.5. The Labute approximate surface area is 110 Å². The smallest absolute Gasteiger partial charge is 0.225 e. The fraction of sp³-hybridized carbons (Fsp3) is 0.333. The molecule has 0 aliphatic carbocycles. The molecule has 0 atom stereocenters. The zero-order chi connectivity index (χ0) is 13.4. The molecule has 0 spiro atoms. The molecular formula is C12H15ClN2O3. The number of hydrogen-bond donors (Lipinski definition) is 2. The van der Waals surface area contributed by atoms with E-state index in [1.165, 1.54) is 0 Å². The normalized spacial score (nSPS) is 9.83. The number of halogens is 1. The molecule has 5 nitrogen and oxygen atoms in total. The molecule has 2 amide bonds. The fourth-order valence-electron chi connectivity index (χ4n) is 1.26. The van der Waals surface area contributed by atoms with Gasteiger partial charge in [0.1, 0.15) is 5.75 Å². The number of anilines is 1. The highest BCUT2D eigenvalue weighted by Gasteiger charge is 2.07. The van der Waals surface area contributed by atoms with E-state index in [4.69, 9.17) is 22.1 Å². The van der Waals surface area contributed by atoms with Gasteiger partial charge in [0.2, 0.25) is 11.8 Å². The first-order chi connectivity index (χ1) is 8.63. The van der Waals surface area contributed by atoms with E-state index < -0.39 is 5.91 Å². The van der Waals surface area contributed by atoms with Crippen molar-refractivity contribution in [3.05, 3.63) is 24.3 Å². The minimum Gasteiger partial charge on any atom is -0.491 e. The average molecular weight is 271 g/mol. The average Bonchev–Trinajstić information content (AvgIpc) is 2.31. The van der Waals surface area contributed by atoms with Gasteiger partial charge in [-0.1, -0.05) is 12.1 Å². The summed E-state index contributed by atoms with van der Waals surface area (Å²) >= 11 is 5.48. The van der Waals surface area contributed by atoms with Crippen LogP contribution in [0.2, 0.25) is 0 Å². The standard InChI is InChI=1S/C12H15ClN2O3/c13-7-5-12(17)15-9-3-1-2-4-10(9)18-8-6-11(14)16/h1-4H,5-8H2,(H2,14,16)(H,15,17). The van der Waals surface area contributed by atoms with Gasteiger partial charge in [0, 0.05) is 12.3 Å². The van der Waals surface area contributed by atoms with Crippen molar-refractivity contribution >= 4 is 29.1 Å². The molecule has 0 fully saturated rings. The molecule has 0 heterocycles. The summed E-state index contributed by atoms with van der Waals surface area (Å²) in [6.07, 6.45) is 0.362. The summed E-state index contributed by atoms with van der Waals surface area (Å²) in [7, 11) is 0. The molecule has 0 aromatic heterocycles. The Bertz CT molecular complexity index is 424. The Kier molecular flexibility index (Phi) is 6.00. The van der Waals surface area contributed by atoms with Crippen molar-refractivity contribution in [3.63, 3.8) is 0 Å². The molecule has 0 radical (unpaired) electrons. The molecule has 18 heavy (non-hydrogen) atoms. The number of alkyl halides is 1. The number of ether oxygens (including phenoxy) is 1. The van der Waals surface area contributed by atoms with Gasteiger partial charge in [-0.15, -0.1) is 11.6 Å². The largest absolute Gasteiger partial charge is 0.491 e. The number of nitrogens with one attached hydrogen (secondary N) is 1. The Morgan fingerprint density at radius 1 is 1.28 bits per heavy atom. The molecule has 6 heteroatoms. The van der Waals surface area contributed by atoms with E-state index in [9.17, 15) is 9.59 Å². The highest BCUT2D eigenvalue weighted by molar-refractivity contribution is 6.19. The maximum atomic E-state index is 11.4. The quantitative estimate of drug-likeness (QED) is 0.737. The number of primary amides is 1. The van der Waals surface area contributed by atoms with Gasteiger partial charge in [-0.2, -0.15) is 0 Å². The topological polar surface area (TPSA) is 81.4 Å². The first kappa shape index (κ1) is 14.3. The molecule has 0 aliphatic rings. The van der Waals surface area contributed by atoms with Crippen molar-refractivity contribution in [3.8, 4) is 5.75 Å². The van der Waals surface area contributed by atoms with Gasteiger partial charge < -0.3 is 15.8 Å². The monoisotopic (exact) mass is 270 g/mol. The van der Waals surface area contributed by atoms with Crippen LogP contribution in [0.4, 0.5) is 5.69 Å². The van der Waals surface area contributed by atoms with E-state index >= 15 is 0 Å². The number of benzene rings is 1. The van der Waals surface area contributed by atoms with Crippen LogP contribution in [-0.4, -0.2) is 24.3 Å². The second-order valence-corrected chi connectivity index (χ2v) is 3.93. The number of para-hydroxylation sites is 2. The highest BCUT2D eigenvalue weighted by Crippen LogP contribution is 2.23. The third-order valence-corrected chi connectivity index (χ3v) is 2.28. The molecule has 0 aliphatic heterocycles. The van der Waals surface area contributed by atoms with Crippen LogP contribution in [0.1, 0.15) is 12.8 Å². The molecule has 3 N–H and O–H groups in total. The lowest BCUT2D eigenvalue weighted by atomic mass is 10.3. The number of nitrogens with two attached hydrogens (primary N) is 1. The molecule has 0 unspecified atom stereocenters. The van der Waals surface area contributed by atoms with Gasteiger partial charge in [-0.25, -0.2) is 0 Å². The first-order valence-electron chi connectivity index (χ1n) is 5.49. The summed E-state index contributed by atoms with van der Waals surface area (Å²) in [5.41, 5.74) is 5.56. The minimum atomic E-state index is -0.432. The van der Waals surface area contributed by atoms with Crippen LogP contribution in [0.5, 0.6) is 5.75 Å². The zero-order valence-electron chi connectivity index (χ0n) is 9.82. The molecule has 0 saturated carbocycles. The lowest BCUT2D eigenvalue weighted by Gasteiger charge is -2.11. The van der Waals surface area contributed by atoms with Crippen LogP contribution in [0, 0.1) is 0 Å². The van der Waals surface area contributed by atoms with Crippen LogP contribution < -0.4 is 15.8 Å². The molecular weight excluding hydrogens is 256 g/mol. The van der Waals surface area contributed by atoms with Gasteiger partial charge >= 0.3 is 0 Å². The summed E-state index contributed by atoms with van der Waals surface area (Å²) in [5, 5.41) is 2.69. The molecule has 0 saturated heterocycles. The summed E-state index contributed by atoms with van der Waals surface area (Å²) in [5.74, 6) is 0.146. The SMILES string of the molecule is NC(=O)CCOc1ccccc1NC(=O)CCCl. The zero-order valence-corrected chi connectivity index (χ0v) is 10.6. The number of amides is 2. The third-order valence-electron chi connectivity index (χ3n) is 2.09. The van der Waals surface area contributed by atoms with Crippen LogP contribution in [0.15, 0.2) is 24.3 Å². The third kappa shape index (κ3) is 5.05. The predicted molar refractivity (Wildman–Crippen MR) is 69.7 cm³/mol. The Hall–Kier alpha value is -1.75. The molecule has 1 aromatic carbocycles. The van der Waals surface area contributed by atoms with Crippen molar-refractivity contribution in [2.45, 2.75) is 12.8 Å². The van der Waals surface area contributed by atoms with Crippen LogP contribution in [0.3, 0.4) is 0 Å². The number of carbonyl (C=O) groups excluding carboxylic acids is 2. The predicted octanol–water partition coefficient (Wildman–Crippen LogP) is 1.51. The Morgan fingerprint density at radius 2 is 2.00 bits per heavy atom. The maximum Gasteiger partial charge on any atom is 0.225 e. The number of hydrogen-bond acceptors (Lipinski definition) is 3. The molecule has 98 valence electrons. The lowest BCUT2D eigenvalue weighted by Crippen LogP contribution is -2.16. The van der Waals surface area contributed by atoms with E-state index in [1.807, 2.05) is 0 Å². The van der Waals surface area contributed by atoms with Crippen LogP contribution in [0.25, 0.3) is 0 Å². The van der Waals surface area contributed by atoms with E-state index in [-0.39, 0.29) is 31.2 Å². The Balaban J connectivity index is 2.61. The van der Waals surface area contributed by atoms with Crippen LogP contribution in [-0.2, 0) is 9.59 Å². The van der Waals surface area contributed by atoms with E-state index in [0.29, 0.717) is 11.4 Å². The molecule has 1 aromatic rings. The second-order valence-electron chi connectivity index (χ2n) is 3.55. The first-order valence-corrected chi connectivity index (χ1v) is 6.03. The van der Waals surface area contributed by atoms with Gasteiger partial charge in [0.05, 0.1) is 18.7 Å². The Morgan fingerprint density at radius 3 is 2.67 bits per heavy atom. The maximum absolute atomic E-state index is 11.4. The van der Waals surface area contributed by atoms with Crippen molar-refractivity contribution in [1.29, 1.82) is 0 Å². The molecule has 0 bridgehead atoms. The van der Waals surface area contributed by atoms with E-state index in [0.717, 1.165) is 0 Å². The fourth-order valence-corrected chi connectivity index (χ4v) is 1.43. The van der Waals surface area contributed by atoms with Gasteiger partial charge in [-0.3, -0.25) is 9.59 Å². The van der Waals surface area contributed by atoms with E-state index in [1.54, 1.807) is 24.3 Å².